The molecule has 0 aliphatic carbocycles. The fraction of sp³-hybridized carbons (Fsp3) is 0.222. The summed E-state index contributed by atoms with van der Waals surface area (Å²) in [5, 5.41) is 8.90. The third-order valence-corrected chi connectivity index (χ3v) is 4.18. The first kappa shape index (κ1) is 17.3. The van der Waals surface area contributed by atoms with E-state index < -0.39 is 0 Å². The van der Waals surface area contributed by atoms with E-state index in [1.165, 1.54) is 0 Å². The molecule has 0 amide bonds. The van der Waals surface area contributed by atoms with Crippen LogP contribution in [-0.2, 0) is 0 Å². The number of rotatable bonds is 4. The number of halogens is 1. The van der Waals surface area contributed by atoms with Crippen LogP contribution in [-0.4, -0.2) is 25.5 Å². The summed E-state index contributed by atoms with van der Waals surface area (Å²) in [4.78, 5) is 8.87. The molecule has 0 bridgehead atoms. The Bertz CT molecular complexity index is 927. The minimum Gasteiger partial charge on any atom is -0.261 e. The number of anilines is 1. The van der Waals surface area contributed by atoms with Crippen LogP contribution in [0, 0.1) is 20.8 Å². The van der Waals surface area contributed by atoms with Gasteiger partial charge in [0.1, 0.15) is 5.82 Å². The van der Waals surface area contributed by atoms with Crippen molar-refractivity contribution >= 4 is 27.5 Å². The van der Waals surface area contributed by atoms with E-state index in [0.29, 0.717) is 11.6 Å². The predicted molar refractivity (Wildman–Crippen MR) is 103 cm³/mol. The molecule has 0 saturated carbocycles. The first-order valence-corrected chi connectivity index (χ1v) is 8.67. The smallest absolute Gasteiger partial charge is 0.159 e. The summed E-state index contributed by atoms with van der Waals surface area (Å²) in [6.45, 7) is 7.76. The highest BCUT2D eigenvalue weighted by atomic mass is 79.9. The fourth-order valence-electron chi connectivity index (χ4n) is 2.48. The zero-order chi connectivity index (χ0) is 18.0. The zero-order valence-electron chi connectivity index (χ0n) is 14.6. The van der Waals surface area contributed by atoms with Crippen molar-refractivity contribution in [3.63, 3.8) is 0 Å². The highest BCUT2D eigenvalue weighted by Gasteiger charge is 2.08. The Labute approximate surface area is 155 Å². The Morgan fingerprint density at radius 2 is 1.80 bits per heavy atom. The number of benzene rings is 1. The van der Waals surface area contributed by atoms with E-state index >= 15 is 0 Å². The van der Waals surface area contributed by atoms with Crippen LogP contribution < -0.4 is 5.43 Å². The second kappa shape index (κ2) is 7.14. The van der Waals surface area contributed by atoms with Gasteiger partial charge in [0.15, 0.2) is 11.6 Å². The van der Waals surface area contributed by atoms with E-state index in [4.69, 9.17) is 0 Å². The second-order valence-electron chi connectivity index (χ2n) is 5.81. The van der Waals surface area contributed by atoms with Gasteiger partial charge in [-0.3, -0.25) is 5.43 Å². The van der Waals surface area contributed by atoms with Gasteiger partial charge in [-0.05, 0) is 51.5 Å². The molecule has 2 aromatic heterocycles. The van der Waals surface area contributed by atoms with E-state index in [-0.39, 0.29) is 0 Å². The van der Waals surface area contributed by atoms with Crippen LogP contribution in [0.2, 0.25) is 0 Å². The molecule has 0 spiro atoms. The predicted octanol–water partition coefficient (Wildman–Crippen LogP) is 4.19. The van der Waals surface area contributed by atoms with Gasteiger partial charge < -0.3 is 0 Å². The van der Waals surface area contributed by atoms with Gasteiger partial charge in [-0.15, -0.1) is 0 Å². The van der Waals surface area contributed by atoms with Crippen LogP contribution >= 0.6 is 15.9 Å². The third-order valence-electron chi connectivity index (χ3n) is 3.65. The van der Waals surface area contributed by atoms with Crippen molar-refractivity contribution in [2.45, 2.75) is 27.7 Å². The number of aromatic nitrogens is 4. The van der Waals surface area contributed by atoms with E-state index in [1.54, 1.807) is 4.68 Å². The van der Waals surface area contributed by atoms with Crippen molar-refractivity contribution in [3.8, 4) is 5.82 Å². The Balaban J connectivity index is 1.87. The Hall–Kier alpha value is -2.54. The van der Waals surface area contributed by atoms with Crippen molar-refractivity contribution < 1.29 is 0 Å². The van der Waals surface area contributed by atoms with Crippen molar-refractivity contribution in [3.05, 3.63) is 63.6 Å². The molecule has 128 valence electrons. The average Bonchev–Trinajstić information content (AvgIpc) is 2.91. The molecule has 0 radical (unpaired) electrons. The standard InChI is InChI=1S/C18H19BrN6/c1-11-9-12(2)25(24-11)18-10-17(20-14(4)21-18)23-22-13(3)15-5-7-16(19)8-6-15/h5-10H,1-4H3,(H,20,21,23). The van der Waals surface area contributed by atoms with Crippen LogP contribution in [0.4, 0.5) is 5.82 Å². The monoisotopic (exact) mass is 398 g/mol. The average molecular weight is 399 g/mol. The van der Waals surface area contributed by atoms with Crippen LogP contribution in [0.25, 0.3) is 5.82 Å². The van der Waals surface area contributed by atoms with E-state index in [2.05, 4.69) is 41.5 Å². The van der Waals surface area contributed by atoms with Gasteiger partial charge in [0.05, 0.1) is 11.4 Å². The maximum Gasteiger partial charge on any atom is 0.159 e. The summed E-state index contributed by atoms with van der Waals surface area (Å²) in [6.07, 6.45) is 0. The van der Waals surface area contributed by atoms with Crippen LogP contribution in [0.5, 0.6) is 0 Å². The summed E-state index contributed by atoms with van der Waals surface area (Å²) >= 11 is 3.44. The number of aryl methyl sites for hydroxylation is 3. The molecule has 7 heteroatoms. The number of hydrogen-bond acceptors (Lipinski definition) is 5. The third kappa shape index (κ3) is 4.11. The van der Waals surface area contributed by atoms with Crippen LogP contribution in [0.3, 0.4) is 0 Å². The lowest BCUT2D eigenvalue weighted by atomic mass is 10.1. The molecule has 0 aliphatic heterocycles. The zero-order valence-corrected chi connectivity index (χ0v) is 16.2. The molecule has 2 heterocycles. The van der Waals surface area contributed by atoms with Crippen molar-refractivity contribution in [1.82, 2.24) is 19.7 Å². The molecular weight excluding hydrogens is 380 g/mol. The largest absolute Gasteiger partial charge is 0.261 e. The first-order chi connectivity index (χ1) is 11.9. The number of hydrazone groups is 1. The summed E-state index contributed by atoms with van der Waals surface area (Å²) in [5.41, 5.74) is 6.91. The maximum absolute atomic E-state index is 4.47. The highest BCUT2D eigenvalue weighted by Crippen LogP contribution is 2.15. The quantitative estimate of drug-likeness (QED) is 0.528. The number of nitrogens with zero attached hydrogens (tertiary/aromatic N) is 5. The molecule has 3 rings (SSSR count). The molecule has 6 nitrogen and oxygen atoms in total. The normalized spacial score (nSPS) is 11.6. The summed E-state index contributed by atoms with van der Waals surface area (Å²) in [5.74, 6) is 2.01. The van der Waals surface area contributed by atoms with E-state index in [1.807, 2.05) is 64.1 Å². The van der Waals surface area contributed by atoms with Crippen molar-refractivity contribution in [2.24, 2.45) is 5.10 Å². The molecule has 25 heavy (non-hydrogen) atoms. The SMILES string of the molecule is CC(=NNc1cc(-n2nc(C)cc2C)nc(C)n1)c1ccc(Br)cc1. The van der Waals surface area contributed by atoms with Gasteiger partial charge in [0.25, 0.3) is 0 Å². The van der Waals surface area contributed by atoms with Crippen molar-refractivity contribution in [1.29, 1.82) is 0 Å². The summed E-state index contributed by atoms with van der Waals surface area (Å²) < 4.78 is 2.85. The Morgan fingerprint density at radius 3 is 2.44 bits per heavy atom. The Kier molecular flexibility index (Phi) is 4.94. The fourth-order valence-corrected chi connectivity index (χ4v) is 2.74. The molecule has 0 atom stereocenters. The summed E-state index contributed by atoms with van der Waals surface area (Å²) in [6, 6.07) is 11.9. The molecule has 0 fully saturated rings. The molecule has 3 aromatic rings. The maximum atomic E-state index is 4.47. The topological polar surface area (TPSA) is 68.0 Å². The first-order valence-electron chi connectivity index (χ1n) is 7.88. The van der Waals surface area contributed by atoms with Crippen molar-refractivity contribution in [2.75, 3.05) is 5.43 Å². The molecule has 1 aromatic carbocycles. The minimum atomic E-state index is 0.631. The lowest BCUT2D eigenvalue weighted by molar-refractivity contribution is 0.793. The molecule has 0 saturated heterocycles. The second-order valence-corrected chi connectivity index (χ2v) is 6.73. The minimum absolute atomic E-state index is 0.631. The van der Waals surface area contributed by atoms with Crippen LogP contribution in [0.15, 0.2) is 46.0 Å². The number of nitrogens with one attached hydrogen (secondary N) is 1. The van der Waals surface area contributed by atoms with E-state index in [9.17, 15) is 0 Å². The lowest BCUT2D eigenvalue weighted by Crippen LogP contribution is -2.07. The van der Waals surface area contributed by atoms with Gasteiger partial charge in [-0.25, -0.2) is 14.6 Å². The van der Waals surface area contributed by atoms with Gasteiger partial charge in [0, 0.05) is 16.2 Å². The molecule has 0 aliphatic rings. The highest BCUT2D eigenvalue weighted by molar-refractivity contribution is 9.10. The Morgan fingerprint density at radius 1 is 1.08 bits per heavy atom. The molecule has 1 N–H and O–H groups in total. The summed E-state index contributed by atoms with van der Waals surface area (Å²) in [7, 11) is 0. The van der Waals surface area contributed by atoms with Gasteiger partial charge in [-0.1, -0.05) is 28.1 Å². The van der Waals surface area contributed by atoms with E-state index in [0.717, 1.165) is 33.0 Å². The lowest BCUT2D eigenvalue weighted by Gasteiger charge is -2.08. The number of hydrogen-bond donors (Lipinski definition) is 1. The molecule has 0 unspecified atom stereocenters. The van der Waals surface area contributed by atoms with Gasteiger partial charge in [0.2, 0.25) is 0 Å². The van der Waals surface area contributed by atoms with Gasteiger partial charge in [-0.2, -0.15) is 10.2 Å². The van der Waals surface area contributed by atoms with Crippen LogP contribution in [0.1, 0.15) is 29.7 Å². The van der Waals surface area contributed by atoms with Gasteiger partial charge >= 0.3 is 0 Å². The molecular formula is C18H19BrN6.